The van der Waals surface area contributed by atoms with Gasteiger partial charge in [0.05, 0.1) is 55.1 Å². The third-order valence-corrected chi connectivity index (χ3v) is 28.0. The summed E-state index contributed by atoms with van der Waals surface area (Å²) in [5.41, 5.74) is 22.6. The van der Waals surface area contributed by atoms with Crippen LogP contribution in [-0.4, -0.2) is 49.0 Å². The number of hydrogen-bond donors (Lipinski definition) is 0. The molecule has 0 bridgehead atoms. The molecule has 0 amide bonds. The van der Waals surface area contributed by atoms with E-state index < -0.39 is 0 Å². The molecule has 0 fully saturated rings. The summed E-state index contributed by atoms with van der Waals surface area (Å²) in [7, 11) is 0. The molecule has 0 spiro atoms. The molecule has 16 aromatic carbocycles. The van der Waals surface area contributed by atoms with E-state index in [0.29, 0.717) is 5.82 Å². The Kier molecular flexibility index (Phi) is 18.4. The van der Waals surface area contributed by atoms with Crippen LogP contribution in [0.2, 0.25) is 0 Å². The number of thiophene rings is 4. The van der Waals surface area contributed by atoms with Gasteiger partial charge < -0.3 is 9.13 Å². The molecular formula is C112H68N10S4. The van der Waals surface area contributed by atoms with E-state index in [1.165, 1.54) is 95.4 Å². The van der Waals surface area contributed by atoms with Gasteiger partial charge in [-0.1, -0.05) is 322 Å². The summed E-state index contributed by atoms with van der Waals surface area (Å²) in [5.74, 6) is 2.94. The fourth-order valence-electron chi connectivity index (χ4n) is 17.7. The van der Waals surface area contributed by atoms with Crippen molar-refractivity contribution in [3.05, 3.63) is 413 Å². The van der Waals surface area contributed by atoms with E-state index in [2.05, 4.69) is 385 Å². The van der Waals surface area contributed by atoms with Crippen LogP contribution in [0.25, 0.3) is 238 Å². The number of fused-ring (bicyclic) bond motifs is 18. The van der Waals surface area contributed by atoms with Gasteiger partial charge in [-0.05, 0) is 102 Å². The second-order valence-electron chi connectivity index (χ2n) is 31.1. The number of rotatable bonds is 11. The number of para-hydroxylation sites is 4. The molecule has 10 heterocycles. The van der Waals surface area contributed by atoms with Gasteiger partial charge in [0.1, 0.15) is 14.5 Å². The summed E-state index contributed by atoms with van der Waals surface area (Å²) in [6.07, 6.45) is 0. The van der Waals surface area contributed by atoms with Crippen LogP contribution in [0, 0.1) is 0 Å². The molecule has 0 atom stereocenters. The maximum atomic E-state index is 5.17. The Bertz CT molecular complexity index is 8630. The Morgan fingerprint density at radius 3 is 0.881 bits per heavy atom. The van der Waals surface area contributed by atoms with Crippen LogP contribution in [-0.2, 0) is 0 Å². The van der Waals surface area contributed by atoms with Gasteiger partial charge in [0, 0.05) is 134 Å². The molecule has 26 rings (SSSR count). The van der Waals surface area contributed by atoms with Gasteiger partial charge in [-0.3, -0.25) is 0 Å². The quantitative estimate of drug-likeness (QED) is 0.126. The van der Waals surface area contributed by atoms with E-state index in [4.69, 9.17) is 39.9 Å². The average Bonchev–Trinajstić information content (AvgIpc) is 1.60. The van der Waals surface area contributed by atoms with Crippen molar-refractivity contribution in [2.24, 2.45) is 0 Å². The first-order valence-corrected chi connectivity index (χ1v) is 45.1. The molecule has 0 aliphatic carbocycles. The molecule has 10 aromatic heterocycles. The van der Waals surface area contributed by atoms with Crippen LogP contribution in [0.4, 0.5) is 0 Å². The molecule has 0 saturated carbocycles. The van der Waals surface area contributed by atoms with Gasteiger partial charge >= 0.3 is 0 Å². The topological polar surface area (TPSA) is 113 Å². The lowest BCUT2D eigenvalue weighted by molar-refractivity contribution is 1.17. The van der Waals surface area contributed by atoms with Gasteiger partial charge in [-0.15, -0.1) is 45.3 Å². The molecule has 126 heavy (non-hydrogen) atoms. The Morgan fingerprint density at radius 1 is 0.175 bits per heavy atom. The van der Waals surface area contributed by atoms with Crippen molar-refractivity contribution in [3.63, 3.8) is 0 Å². The minimum Gasteiger partial charge on any atom is -0.309 e. The lowest BCUT2D eigenvalue weighted by Crippen LogP contribution is -1.96. The second-order valence-corrected chi connectivity index (χ2v) is 35.3. The standard InChI is InChI=1S/C40H25N3S.C38H22N4S2.C34H21N3S/c1-3-11-27(12-4-1)38-37-32-16-8-10-18-36(32)44-40(37)42-39(41-38)28-21-19-26(20-22-28)29-23-24-35-33(25-29)31-15-7-9-17-34(31)43(35)30-13-5-2-6-14-30;1-3-11-23(12-4-1)32-31-27-15-7-9-17-29(27)44-38(31)42-37(39-32)26-21-19-24(20-22-26)33-35-34(28-16-8-10-18-30(28)43-35)41-36(40-33)25-13-5-2-6-14-25;1-2-10-22(11-3-1)32-31-27-14-6-9-17-30(27)38-34(31)36-33(35-32)23-18-20-24(21-19-23)37-28-15-7-4-12-25(28)26-13-5-8-16-29(26)37/h1-25H;1-22H;1-21H. The van der Waals surface area contributed by atoms with E-state index in [9.17, 15) is 0 Å². The Balaban J connectivity index is 0.000000106. The SMILES string of the molecule is c1ccc(-c2nc(-c3ccc(-c4ccc5c(c4)c4ccccc4n5-c4ccccc4)cc3)nc3sc4ccccc4c23)cc1.c1ccc(-c2nc(-c3ccc(-c4nc(-c5ccccc5)c5c(n4)sc4ccccc45)cc3)c3sc4ccccc4c3n2)cc1.c1ccc(-c2nc(-c3ccc(-n4c5ccccc5c5ccccc54)cc3)nc3sc4ccccc4c23)cc1. The molecule has 14 heteroatoms. The fraction of sp³-hybridized carbons (Fsp3) is 0. The summed E-state index contributed by atoms with van der Waals surface area (Å²) in [6, 6.07) is 144. The lowest BCUT2D eigenvalue weighted by Gasteiger charge is -2.10. The Labute approximate surface area is 739 Å². The summed E-state index contributed by atoms with van der Waals surface area (Å²) in [6.45, 7) is 0. The highest BCUT2D eigenvalue weighted by molar-refractivity contribution is 7.27. The number of aromatic nitrogens is 10. The van der Waals surface area contributed by atoms with Gasteiger partial charge in [0.25, 0.3) is 0 Å². The largest absolute Gasteiger partial charge is 0.309 e. The lowest BCUT2D eigenvalue weighted by atomic mass is 10.0. The minimum atomic E-state index is 0.717. The van der Waals surface area contributed by atoms with E-state index in [1.54, 1.807) is 45.3 Å². The van der Waals surface area contributed by atoms with Crippen molar-refractivity contribution in [2.75, 3.05) is 0 Å². The Morgan fingerprint density at radius 2 is 0.452 bits per heavy atom. The highest BCUT2D eigenvalue weighted by atomic mass is 32.1. The summed E-state index contributed by atoms with van der Waals surface area (Å²) >= 11 is 6.91. The van der Waals surface area contributed by atoms with Gasteiger partial charge in [-0.2, -0.15) is 0 Å². The summed E-state index contributed by atoms with van der Waals surface area (Å²) < 4.78 is 10.7. The monoisotopic (exact) mass is 1680 g/mol. The van der Waals surface area contributed by atoms with Crippen molar-refractivity contribution in [1.82, 2.24) is 49.0 Å². The van der Waals surface area contributed by atoms with Crippen LogP contribution in [0.15, 0.2) is 413 Å². The number of hydrogen-bond acceptors (Lipinski definition) is 12. The predicted octanol–water partition coefficient (Wildman–Crippen LogP) is 30.9. The first-order valence-electron chi connectivity index (χ1n) is 41.8. The van der Waals surface area contributed by atoms with Crippen molar-refractivity contribution >= 4 is 170 Å². The highest BCUT2D eigenvalue weighted by Gasteiger charge is 2.24. The predicted molar refractivity (Wildman–Crippen MR) is 531 cm³/mol. The van der Waals surface area contributed by atoms with Gasteiger partial charge in [0.2, 0.25) is 0 Å². The third kappa shape index (κ3) is 13.1. The van der Waals surface area contributed by atoms with Crippen molar-refractivity contribution in [1.29, 1.82) is 0 Å². The van der Waals surface area contributed by atoms with Crippen LogP contribution in [0.3, 0.4) is 0 Å². The van der Waals surface area contributed by atoms with Crippen LogP contribution in [0.1, 0.15) is 0 Å². The van der Waals surface area contributed by atoms with Gasteiger partial charge in [-0.25, -0.2) is 39.9 Å². The average molecular weight is 1680 g/mol. The molecular weight excluding hydrogens is 1610 g/mol. The first kappa shape index (κ1) is 74.2. The van der Waals surface area contributed by atoms with E-state index in [1.807, 2.05) is 36.4 Å². The maximum absolute atomic E-state index is 5.17. The zero-order valence-electron chi connectivity index (χ0n) is 67.4. The molecule has 0 radical (unpaired) electrons. The normalized spacial score (nSPS) is 11.7. The molecule has 0 saturated heterocycles. The van der Waals surface area contributed by atoms with Crippen LogP contribution in [0.5, 0.6) is 0 Å². The summed E-state index contributed by atoms with van der Waals surface area (Å²) in [4.78, 5) is 43.9. The molecule has 0 aliphatic rings. The van der Waals surface area contributed by atoms with E-state index in [-0.39, 0.29) is 0 Å². The molecule has 0 aliphatic heterocycles. The minimum absolute atomic E-state index is 0.717. The number of nitrogens with zero attached hydrogens (tertiary/aromatic N) is 10. The van der Waals surface area contributed by atoms with Crippen molar-refractivity contribution in [2.45, 2.75) is 0 Å². The van der Waals surface area contributed by atoms with Crippen molar-refractivity contribution in [3.8, 4) is 113 Å². The van der Waals surface area contributed by atoms with Crippen molar-refractivity contribution < 1.29 is 0 Å². The maximum Gasteiger partial charge on any atom is 0.161 e. The third-order valence-electron chi connectivity index (χ3n) is 23.7. The van der Waals surface area contributed by atoms with Crippen LogP contribution >= 0.6 is 45.3 Å². The molecule has 10 nitrogen and oxygen atoms in total. The highest BCUT2D eigenvalue weighted by Crippen LogP contribution is 2.47. The van der Waals surface area contributed by atoms with E-state index >= 15 is 0 Å². The van der Waals surface area contributed by atoms with Gasteiger partial charge in [0.15, 0.2) is 23.3 Å². The smallest absolute Gasteiger partial charge is 0.161 e. The number of benzene rings is 16. The fourth-order valence-corrected chi connectivity index (χ4v) is 22.1. The first-order chi connectivity index (χ1) is 62.5. The summed E-state index contributed by atoms with van der Waals surface area (Å²) in [5, 5.41) is 13.2. The zero-order valence-corrected chi connectivity index (χ0v) is 70.6. The van der Waals surface area contributed by atoms with Crippen LogP contribution < -0.4 is 0 Å². The Hall–Kier alpha value is -15.7. The van der Waals surface area contributed by atoms with E-state index in [0.717, 1.165) is 137 Å². The molecule has 26 aromatic rings. The molecule has 0 unspecified atom stereocenters. The molecule has 590 valence electrons. The molecule has 0 N–H and O–H groups in total. The second kappa shape index (κ2) is 31.3. The zero-order chi connectivity index (χ0) is 83.1.